The summed E-state index contributed by atoms with van der Waals surface area (Å²) in [6.07, 6.45) is 0. The van der Waals surface area contributed by atoms with E-state index in [1.54, 1.807) is 4.68 Å². The van der Waals surface area contributed by atoms with Crippen molar-refractivity contribution in [2.75, 3.05) is 5.73 Å². The minimum absolute atomic E-state index is 0.161. The molecule has 0 bridgehead atoms. The molecule has 2 rings (SSSR count). The van der Waals surface area contributed by atoms with Crippen molar-refractivity contribution >= 4 is 21.6 Å². The zero-order valence-electron chi connectivity index (χ0n) is 10.6. The molecule has 0 fully saturated rings. The number of benzene rings is 1. The lowest BCUT2D eigenvalue weighted by Gasteiger charge is -2.17. The molecule has 5 heteroatoms. The van der Waals surface area contributed by atoms with Crippen molar-refractivity contribution in [3.05, 3.63) is 44.8 Å². The zero-order valence-corrected chi connectivity index (χ0v) is 12.2. The van der Waals surface area contributed by atoms with Crippen LogP contribution in [0.15, 0.2) is 33.5 Å². The standard InChI is InChI=1S/C13H16BrN3O/c1-8(2)16-9(3)12(15)13(18)17(16)11-6-4-5-10(14)7-11/h4-8H,15H2,1-3H3. The smallest absolute Gasteiger partial charge is 0.294 e. The first-order valence-corrected chi connectivity index (χ1v) is 6.58. The van der Waals surface area contributed by atoms with E-state index in [0.717, 1.165) is 15.9 Å². The molecule has 18 heavy (non-hydrogen) atoms. The molecule has 2 aromatic rings. The Morgan fingerprint density at radius 2 is 2.00 bits per heavy atom. The van der Waals surface area contributed by atoms with Crippen LogP contribution in [-0.4, -0.2) is 9.36 Å². The molecule has 0 aliphatic heterocycles. The van der Waals surface area contributed by atoms with E-state index in [1.165, 1.54) is 0 Å². The number of nitrogen functional groups attached to an aromatic ring is 1. The summed E-state index contributed by atoms with van der Waals surface area (Å²) >= 11 is 3.42. The first-order valence-electron chi connectivity index (χ1n) is 5.79. The van der Waals surface area contributed by atoms with Gasteiger partial charge in [0.1, 0.15) is 5.69 Å². The topological polar surface area (TPSA) is 53.0 Å². The van der Waals surface area contributed by atoms with Gasteiger partial charge in [-0.1, -0.05) is 22.0 Å². The van der Waals surface area contributed by atoms with Crippen LogP contribution < -0.4 is 11.3 Å². The van der Waals surface area contributed by atoms with E-state index in [1.807, 2.05) is 49.7 Å². The van der Waals surface area contributed by atoms with Gasteiger partial charge >= 0.3 is 0 Å². The largest absolute Gasteiger partial charge is 0.393 e. The molecule has 0 unspecified atom stereocenters. The Balaban J connectivity index is 2.79. The van der Waals surface area contributed by atoms with Crippen molar-refractivity contribution < 1.29 is 0 Å². The molecule has 0 aliphatic carbocycles. The summed E-state index contributed by atoms with van der Waals surface area (Å²) in [6.45, 7) is 5.92. The molecule has 2 N–H and O–H groups in total. The van der Waals surface area contributed by atoms with Crippen LogP contribution in [0.3, 0.4) is 0 Å². The molecule has 0 saturated heterocycles. The van der Waals surface area contributed by atoms with Gasteiger partial charge < -0.3 is 5.73 Å². The van der Waals surface area contributed by atoms with E-state index in [2.05, 4.69) is 15.9 Å². The van der Waals surface area contributed by atoms with Gasteiger partial charge in [-0.05, 0) is 39.0 Å². The van der Waals surface area contributed by atoms with E-state index in [-0.39, 0.29) is 11.6 Å². The zero-order chi connectivity index (χ0) is 13.4. The van der Waals surface area contributed by atoms with Crippen molar-refractivity contribution in [2.45, 2.75) is 26.8 Å². The number of nitrogens with zero attached hydrogens (tertiary/aromatic N) is 2. The quantitative estimate of drug-likeness (QED) is 0.927. The van der Waals surface area contributed by atoms with Crippen LogP contribution >= 0.6 is 15.9 Å². The molecular formula is C13H16BrN3O. The Labute approximate surface area is 114 Å². The molecule has 96 valence electrons. The summed E-state index contributed by atoms with van der Waals surface area (Å²) in [5.41, 5.74) is 7.60. The first-order chi connectivity index (χ1) is 8.43. The highest BCUT2D eigenvalue weighted by Crippen LogP contribution is 2.20. The van der Waals surface area contributed by atoms with Gasteiger partial charge in [0.15, 0.2) is 0 Å². The van der Waals surface area contributed by atoms with Crippen LogP contribution in [0.4, 0.5) is 5.69 Å². The van der Waals surface area contributed by atoms with Crippen LogP contribution in [0.2, 0.25) is 0 Å². The Morgan fingerprint density at radius 3 is 2.56 bits per heavy atom. The number of aromatic nitrogens is 2. The van der Waals surface area contributed by atoms with Gasteiger partial charge in [-0.15, -0.1) is 0 Å². The third-order valence-corrected chi connectivity index (χ3v) is 3.41. The molecule has 0 radical (unpaired) electrons. The average Bonchev–Trinajstić information content (AvgIpc) is 2.53. The number of halogens is 1. The van der Waals surface area contributed by atoms with E-state index >= 15 is 0 Å². The Hall–Kier alpha value is -1.49. The lowest BCUT2D eigenvalue weighted by atomic mass is 10.3. The highest BCUT2D eigenvalue weighted by Gasteiger charge is 2.17. The van der Waals surface area contributed by atoms with Crippen LogP contribution in [0.1, 0.15) is 25.6 Å². The van der Waals surface area contributed by atoms with Gasteiger partial charge in [0, 0.05) is 10.5 Å². The maximum absolute atomic E-state index is 12.2. The monoisotopic (exact) mass is 309 g/mol. The molecule has 0 aliphatic rings. The van der Waals surface area contributed by atoms with E-state index in [9.17, 15) is 4.79 Å². The van der Waals surface area contributed by atoms with E-state index in [0.29, 0.717) is 5.69 Å². The van der Waals surface area contributed by atoms with Gasteiger partial charge in [-0.25, -0.2) is 4.68 Å². The summed E-state index contributed by atoms with van der Waals surface area (Å²) in [4.78, 5) is 12.2. The maximum Gasteiger partial charge on any atom is 0.294 e. The number of nitrogens with two attached hydrogens (primary N) is 1. The van der Waals surface area contributed by atoms with Crippen molar-refractivity contribution in [3.8, 4) is 5.69 Å². The average molecular weight is 310 g/mol. The summed E-state index contributed by atoms with van der Waals surface area (Å²) in [5, 5.41) is 0. The Bertz CT molecular complexity index is 640. The van der Waals surface area contributed by atoms with Gasteiger partial charge in [0.25, 0.3) is 5.56 Å². The first kappa shape index (κ1) is 13.0. The molecule has 1 heterocycles. The van der Waals surface area contributed by atoms with Gasteiger partial charge in [0.2, 0.25) is 0 Å². The third-order valence-electron chi connectivity index (χ3n) is 2.91. The van der Waals surface area contributed by atoms with Crippen LogP contribution in [0.25, 0.3) is 5.69 Å². The predicted octanol–water partition coefficient (Wildman–Crippen LogP) is 2.87. The number of hydrogen-bond donors (Lipinski definition) is 1. The molecule has 0 atom stereocenters. The molecular weight excluding hydrogens is 294 g/mol. The molecule has 4 nitrogen and oxygen atoms in total. The van der Waals surface area contributed by atoms with Gasteiger partial charge in [-0.3, -0.25) is 9.48 Å². The maximum atomic E-state index is 12.2. The lowest BCUT2D eigenvalue weighted by Crippen LogP contribution is -2.23. The minimum atomic E-state index is -0.167. The summed E-state index contributed by atoms with van der Waals surface area (Å²) < 4.78 is 4.47. The Kier molecular flexibility index (Phi) is 3.34. The fraction of sp³-hybridized carbons (Fsp3) is 0.308. The minimum Gasteiger partial charge on any atom is -0.393 e. The van der Waals surface area contributed by atoms with Crippen molar-refractivity contribution in [1.82, 2.24) is 9.36 Å². The normalized spacial score (nSPS) is 11.2. The summed E-state index contributed by atoms with van der Waals surface area (Å²) in [7, 11) is 0. The third kappa shape index (κ3) is 1.99. The highest BCUT2D eigenvalue weighted by molar-refractivity contribution is 9.10. The number of rotatable bonds is 2. The second-order valence-electron chi connectivity index (χ2n) is 4.53. The number of anilines is 1. The summed E-state index contributed by atoms with van der Waals surface area (Å²) in [6, 6.07) is 7.78. The SMILES string of the molecule is Cc1c(N)c(=O)n(-c2cccc(Br)c2)n1C(C)C. The molecule has 0 saturated carbocycles. The molecule has 1 aromatic heterocycles. The van der Waals surface area contributed by atoms with E-state index in [4.69, 9.17) is 5.73 Å². The fourth-order valence-corrected chi connectivity index (χ4v) is 2.50. The highest BCUT2D eigenvalue weighted by atomic mass is 79.9. The second kappa shape index (κ2) is 4.65. The van der Waals surface area contributed by atoms with Crippen LogP contribution in [0.5, 0.6) is 0 Å². The fourth-order valence-electron chi connectivity index (χ4n) is 2.11. The van der Waals surface area contributed by atoms with E-state index < -0.39 is 0 Å². The molecule has 0 amide bonds. The number of hydrogen-bond acceptors (Lipinski definition) is 2. The van der Waals surface area contributed by atoms with Crippen LogP contribution in [-0.2, 0) is 0 Å². The Morgan fingerprint density at radius 1 is 1.33 bits per heavy atom. The van der Waals surface area contributed by atoms with Crippen molar-refractivity contribution in [3.63, 3.8) is 0 Å². The van der Waals surface area contributed by atoms with Gasteiger partial charge in [0.05, 0.1) is 11.4 Å². The van der Waals surface area contributed by atoms with Crippen molar-refractivity contribution in [1.29, 1.82) is 0 Å². The molecule has 1 aromatic carbocycles. The second-order valence-corrected chi connectivity index (χ2v) is 5.45. The lowest BCUT2D eigenvalue weighted by molar-refractivity contribution is 0.466. The van der Waals surface area contributed by atoms with Crippen LogP contribution in [0, 0.1) is 6.92 Å². The van der Waals surface area contributed by atoms with Gasteiger partial charge in [-0.2, -0.15) is 0 Å². The molecule has 0 spiro atoms. The predicted molar refractivity (Wildman–Crippen MR) is 77.3 cm³/mol. The summed E-state index contributed by atoms with van der Waals surface area (Å²) in [5.74, 6) is 0. The van der Waals surface area contributed by atoms with Crippen molar-refractivity contribution in [2.24, 2.45) is 0 Å².